The summed E-state index contributed by atoms with van der Waals surface area (Å²) in [5.74, 6) is -0.118. The Morgan fingerprint density at radius 1 is 1.02 bits per heavy atom. The van der Waals surface area contributed by atoms with Crippen LogP contribution >= 0.6 is 11.3 Å². The second-order valence-electron chi connectivity index (χ2n) is 11.0. The Hall–Kier alpha value is -4.87. The molecular weight excluding hydrogens is 578 g/mol. The first-order valence-corrected chi connectivity index (χ1v) is 15.2. The number of aromatic nitrogens is 1. The molecule has 44 heavy (non-hydrogen) atoms. The molecule has 1 fully saturated rings. The van der Waals surface area contributed by atoms with Crippen molar-refractivity contribution in [3.63, 3.8) is 0 Å². The zero-order valence-electron chi connectivity index (χ0n) is 24.1. The number of carbonyl (C=O) groups excluding carboxylic acids is 1. The molecule has 1 saturated heterocycles. The zero-order valence-corrected chi connectivity index (χ0v) is 24.9. The Kier molecular flexibility index (Phi) is 8.23. The molecule has 1 aliphatic carbocycles. The average molecular weight is 610 g/mol. The van der Waals surface area contributed by atoms with Crippen molar-refractivity contribution in [2.75, 3.05) is 25.0 Å². The van der Waals surface area contributed by atoms with Gasteiger partial charge in [-0.2, -0.15) is 0 Å². The zero-order chi connectivity index (χ0) is 30.8. The van der Waals surface area contributed by atoms with E-state index in [1.807, 2.05) is 36.4 Å². The Morgan fingerprint density at radius 3 is 2.30 bits per heavy atom. The summed E-state index contributed by atoms with van der Waals surface area (Å²) in [6.45, 7) is 3.49. The van der Waals surface area contributed by atoms with E-state index < -0.39 is 11.0 Å². The normalized spacial score (nSPS) is 16.6. The van der Waals surface area contributed by atoms with Crippen molar-refractivity contribution in [3.05, 3.63) is 110 Å². The first-order valence-electron chi connectivity index (χ1n) is 14.4. The predicted octanol–water partition coefficient (Wildman–Crippen LogP) is 6.55. The summed E-state index contributed by atoms with van der Waals surface area (Å²) >= 11 is 1.39. The largest absolute Gasteiger partial charge is 0.465 e. The molecule has 1 unspecified atom stereocenters. The van der Waals surface area contributed by atoms with E-state index in [-0.39, 0.29) is 23.6 Å². The van der Waals surface area contributed by atoms with E-state index >= 15 is 0 Å². The molecule has 11 heteroatoms. The molecule has 0 saturated carbocycles. The number of hydrogen-bond donors (Lipinski definition) is 2. The Morgan fingerprint density at radius 2 is 1.68 bits per heavy atom. The maximum absolute atomic E-state index is 12.3. The minimum Gasteiger partial charge on any atom is -0.465 e. The van der Waals surface area contributed by atoms with Gasteiger partial charge < -0.3 is 15.3 Å². The first-order chi connectivity index (χ1) is 21.3. The summed E-state index contributed by atoms with van der Waals surface area (Å²) in [5.41, 5.74) is 6.37. The summed E-state index contributed by atoms with van der Waals surface area (Å²) in [6.07, 6.45) is 3.44. The van der Waals surface area contributed by atoms with Gasteiger partial charge in [0.15, 0.2) is 5.13 Å². The van der Waals surface area contributed by atoms with Crippen LogP contribution in [-0.4, -0.2) is 62.5 Å². The highest BCUT2D eigenvalue weighted by Crippen LogP contribution is 2.47. The van der Waals surface area contributed by atoms with Crippen LogP contribution in [0.3, 0.4) is 0 Å². The fourth-order valence-electron chi connectivity index (χ4n) is 6.20. The number of benzene rings is 3. The highest BCUT2D eigenvalue weighted by molar-refractivity contribution is 7.16. The standard InChI is InChI=1S/C33H31N5O5S/c1-21(39)34-32-35-30(15-12-22-10-13-23(14-11-22)38(42)43)31(44-32)20-36-16-17-37(33(40)41)24(19-36)18-29-27-8-4-2-6-25(27)26-7-3-5-9-28(26)29/h2-15,24,29H,16-20H2,1H3,(H,40,41)(H,34,35,39)/b15-12-. The number of piperazine rings is 1. The summed E-state index contributed by atoms with van der Waals surface area (Å²) in [5, 5.41) is 24.4. The highest BCUT2D eigenvalue weighted by Gasteiger charge is 2.36. The number of anilines is 1. The van der Waals surface area contributed by atoms with Gasteiger partial charge in [0.05, 0.1) is 10.6 Å². The van der Waals surface area contributed by atoms with E-state index in [1.54, 1.807) is 17.0 Å². The van der Waals surface area contributed by atoms with Crippen LogP contribution in [-0.2, 0) is 11.3 Å². The minimum atomic E-state index is -0.910. The van der Waals surface area contributed by atoms with Gasteiger partial charge in [-0.3, -0.25) is 19.8 Å². The summed E-state index contributed by atoms with van der Waals surface area (Å²) in [7, 11) is 0. The fraction of sp³-hybridized carbons (Fsp3) is 0.242. The maximum Gasteiger partial charge on any atom is 0.407 e. The van der Waals surface area contributed by atoms with Crippen molar-refractivity contribution in [1.29, 1.82) is 0 Å². The molecule has 10 nitrogen and oxygen atoms in total. The Labute approximate surface area is 258 Å². The Bertz CT molecular complexity index is 1710. The number of thiazole rings is 1. The molecule has 2 amide bonds. The molecular formula is C33H31N5O5S. The predicted molar refractivity (Wildman–Crippen MR) is 171 cm³/mol. The molecule has 6 rings (SSSR count). The van der Waals surface area contributed by atoms with Crippen LogP contribution in [0.4, 0.5) is 15.6 Å². The molecule has 0 spiro atoms. The van der Waals surface area contributed by atoms with Crippen LogP contribution in [0.2, 0.25) is 0 Å². The number of carbonyl (C=O) groups is 2. The van der Waals surface area contributed by atoms with E-state index in [1.165, 1.54) is 52.6 Å². The average Bonchev–Trinajstić information content (AvgIpc) is 3.53. The van der Waals surface area contributed by atoms with Crippen molar-refractivity contribution < 1.29 is 19.6 Å². The van der Waals surface area contributed by atoms with Gasteiger partial charge in [-0.15, -0.1) is 0 Å². The van der Waals surface area contributed by atoms with Gasteiger partial charge in [-0.25, -0.2) is 9.78 Å². The number of nitrogens with one attached hydrogen (secondary N) is 1. The van der Waals surface area contributed by atoms with E-state index in [4.69, 9.17) is 0 Å². The van der Waals surface area contributed by atoms with Gasteiger partial charge in [-0.1, -0.05) is 65.9 Å². The second kappa shape index (κ2) is 12.4. The topological polar surface area (TPSA) is 129 Å². The van der Waals surface area contributed by atoms with Crippen molar-refractivity contribution in [2.24, 2.45) is 0 Å². The number of nitrogens with zero attached hydrogens (tertiary/aromatic N) is 4. The van der Waals surface area contributed by atoms with Crippen LogP contribution in [0, 0.1) is 10.1 Å². The minimum absolute atomic E-state index is 0.0177. The Balaban J connectivity index is 1.24. The number of nitro benzene ring substituents is 1. The number of hydrogen-bond acceptors (Lipinski definition) is 7. The summed E-state index contributed by atoms with van der Waals surface area (Å²) in [6, 6.07) is 22.8. The van der Waals surface area contributed by atoms with Gasteiger partial charge in [0, 0.05) is 62.1 Å². The molecule has 1 aromatic heterocycles. The molecule has 1 atom stereocenters. The molecule has 224 valence electrons. The lowest BCUT2D eigenvalue weighted by Gasteiger charge is -2.41. The molecule has 4 aromatic rings. The van der Waals surface area contributed by atoms with Crippen LogP contribution in [0.25, 0.3) is 23.3 Å². The van der Waals surface area contributed by atoms with Gasteiger partial charge in [0.25, 0.3) is 5.69 Å². The molecule has 0 bridgehead atoms. The maximum atomic E-state index is 12.3. The third-order valence-corrected chi connectivity index (χ3v) is 9.17. The van der Waals surface area contributed by atoms with Crippen LogP contribution in [0.5, 0.6) is 0 Å². The molecule has 2 N–H and O–H groups in total. The third kappa shape index (κ3) is 6.10. The lowest BCUT2D eigenvalue weighted by molar-refractivity contribution is -0.384. The van der Waals surface area contributed by atoms with Crippen molar-refractivity contribution >= 4 is 46.3 Å². The number of non-ortho nitro benzene ring substituents is 1. The fourth-order valence-corrected chi connectivity index (χ4v) is 7.24. The number of nitro groups is 1. The van der Waals surface area contributed by atoms with E-state index in [2.05, 4.69) is 39.5 Å². The smallest absolute Gasteiger partial charge is 0.407 e. The molecule has 1 aliphatic heterocycles. The summed E-state index contributed by atoms with van der Waals surface area (Å²) in [4.78, 5) is 44.1. The van der Waals surface area contributed by atoms with Crippen LogP contribution in [0.15, 0.2) is 72.8 Å². The monoisotopic (exact) mass is 609 g/mol. The van der Waals surface area contributed by atoms with Crippen LogP contribution in [0.1, 0.15) is 46.5 Å². The first kappa shape index (κ1) is 29.2. The van der Waals surface area contributed by atoms with Gasteiger partial charge in [0.2, 0.25) is 5.91 Å². The third-order valence-electron chi connectivity index (χ3n) is 8.20. The lowest BCUT2D eigenvalue weighted by Crippen LogP contribution is -2.54. The number of carboxylic acid groups (broad SMARTS) is 1. The number of rotatable bonds is 8. The molecule has 2 heterocycles. The van der Waals surface area contributed by atoms with Gasteiger partial charge in [-0.05, 0) is 52.4 Å². The van der Waals surface area contributed by atoms with Crippen molar-refractivity contribution in [3.8, 4) is 11.1 Å². The molecule has 3 aromatic carbocycles. The number of amides is 2. The van der Waals surface area contributed by atoms with Crippen molar-refractivity contribution in [1.82, 2.24) is 14.8 Å². The van der Waals surface area contributed by atoms with Crippen LogP contribution < -0.4 is 5.32 Å². The summed E-state index contributed by atoms with van der Waals surface area (Å²) < 4.78 is 0. The van der Waals surface area contributed by atoms with Gasteiger partial charge >= 0.3 is 6.09 Å². The quantitative estimate of drug-likeness (QED) is 0.171. The van der Waals surface area contributed by atoms with E-state index in [0.717, 1.165) is 10.4 Å². The SMILES string of the molecule is CC(=O)Nc1nc(/C=C\c2ccc([N+](=O)[O-])cc2)c(CN2CCN(C(=O)O)C(CC3c4ccccc4-c4ccccc43)C2)s1. The lowest BCUT2D eigenvalue weighted by atomic mass is 9.89. The second-order valence-corrected chi connectivity index (χ2v) is 12.1. The molecule has 2 aliphatic rings. The van der Waals surface area contributed by atoms with Crippen molar-refractivity contribution in [2.45, 2.75) is 31.8 Å². The van der Waals surface area contributed by atoms with E-state index in [9.17, 15) is 24.8 Å². The van der Waals surface area contributed by atoms with E-state index in [0.29, 0.717) is 43.4 Å². The number of fused-ring (bicyclic) bond motifs is 3. The highest BCUT2D eigenvalue weighted by atomic mass is 32.1. The van der Waals surface area contributed by atoms with Gasteiger partial charge in [0.1, 0.15) is 0 Å². The molecule has 0 radical (unpaired) electrons.